The number of piperidine rings is 1. The SMILES string of the molecule is Cc1ccoc1-c1nnc(NC(=O)c2ccn(C3CCNCC3)n2)s1.O=C(O)C(F)(F)F. The van der Waals surface area contributed by atoms with Crippen molar-refractivity contribution in [3.63, 3.8) is 0 Å². The number of alkyl halides is 3. The number of anilines is 1. The van der Waals surface area contributed by atoms with Crippen LogP contribution in [0.2, 0.25) is 0 Å². The molecular formula is C18H19F3N6O4S. The molecule has 0 atom stereocenters. The Labute approximate surface area is 183 Å². The van der Waals surface area contributed by atoms with Crippen LogP contribution < -0.4 is 10.6 Å². The minimum absolute atomic E-state index is 0.286. The summed E-state index contributed by atoms with van der Waals surface area (Å²) in [6, 6.07) is 3.94. The monoisotopic (exact) mass is 472 g/mol. The molecule has 3 aromatic rings. The van der Waals surface area contributed by atoms with E-state index in [1.54, 1.807) is 12.3 Å². The molecule has 0 saturated carbocycles. The van der Waals surface area contributed by atoms with Crippen molar-refractivity contribution in [3.8, 4) is 10.8 Å². The van der Waals surface area contributed by atoms with Crippen LogP contribution in [0.3, 0.4) is 0 Å². The number of rotatable bonds is 4. The maximum Gasteiger partial charge on any atom is 0.490 e. The molecule has 10 nitrogen and oxygen atoms in total. The molecule has 3 aromatic heterocycles. The van der Waals surface area contributed by atoms with E-state index in [-0.39, 0.29) is 5.91 Å². The Kier molecular flexibility index (Phi) is 7.25. The fourth-order valence-electron chi connectivity index (χ4n) is 2.85. The van der Waals surface area contributed by atoms with Gasteiger partial charge in [-0.1, -0.05) is 11.3 Å². The van der Waals surface area contributed by atoms with Crippen LogP contribution in [0, 0.1) is 6.92 Å². The average Bonchev–Trinajstić information content (AvgIpc) is 3.49. The highest BCUT2D eigenvalue weighted by Gasteiger charge is 2.38. The Morgan fingerprint density at radius 2 is 1.97 bits per heavy atom. The van der Waals surface area contributed by atoms with Crippen LogP contribution >= 0.6 is 11.3 Å². The number of aryl methyl sites for hydroxylation is 1. The van der Waals surface area contributed by atoms with Gasteiger partial charge in [-0.05, 0) is 50.6 Å². The molecule has 1 aliphatic rings. The Balaban J connectivity index is 0.000000360. The standard InChI is InChI=1S/C16H18N6O2S.C2HF3O2/c1-10-5-9-24-13(10)15-19-20-16(25-15)18-14(23)12-4-8-22(21-12)11-2-6-17-7-3-11;3-2(4,5)1(6)7/h4-5,8-9,11,17H,2-3,6-7H2,1H3,(H,18,20,23);(H,6,7). The molecule has 0 spiro atoms. The van der Waals surface area contributed by atoms with Crippen molar-refractivity contribution in [1.82, 2.24) is 25.3 Å². The number of hydrogen-bond acceptors (Lipinski definition) is 8. The van der Waals surface area contributed by atoms with Gasteiger partial charge in [0.2, 0.25) is 5.13 Å². The molecule has 4 heterocycles. The highest BCUT2D eigenvalue weighted by Crippen LogP contribution is 2.29. The first-order valence-electron chi connectivity index (χ1n) is 9.40. The summed E-state index contributed by atoms with van der Waals surface area (Å²) < 4.78 is 39.0. The quantitative estimate of drug-likeness (QED) is 0.527. The fraction of sp³-hybridized carbons (Fsp3) is 0.389. The van der Waals surface area contributed by atoms with Gasteiger partial charge in [0.05, 0.1) is 12.3 Å². The Morgan fingerprint density at radius 3 is 2.56 bits per heavy atom. The largest absolute Gasteiger partial charge is 0.490 e. The van der Waals surface area contributed by atoms with Crippen LogP contribution in [0.1, 0.15) is 34.9 Å². The minimum Gasteiger partial charge on any atom is -0.475 e. The van der Waals surface area contributed by atoms with Crippen LogP contribution in [0.5, 0.6) is 0 Å². The molecule has 0 aromatic carbocycles. The number of amides is 1. The van der Waals surface area contributed by atoms with Crippen molar-refractivity contribution in [2.45, 2.75) is 32.0 Å². The number of furan rings is 1. The summed E-state index contributed by atoms with van der Waals surface area (Å²) >= 11 is 1.27. The number of carbonyl (C=O) groups excluding carboxylic acids is 1. The van der Waals surface area contributed by atoms with Crippen LogP contribution in [-0.2, 0) is 4.79 Å². The average molecular weight is 472 g/mol. The van der Waals surface area contributed by atoms with Crippen molar-refractivity contribution in [1.29, 1.82) is 0 Å². The zero-order chi connectivity index (χ0) is 23.3. The zero-order valence-electron chi connectivity index (χ0n) is 16.7. The third-order valence-corrected chi connectivity index (χ3v) is 5.31. The van der Waals surface area contributed by atoms with Gasteiger partial charge in [-0.15, -0.1) is 10.2 Å². The van der Waals surface area contributed by atoms with Crippen molar-refractivity contribution in [3.05, 3.63) is 35.9 Å². The second kappa shape index (κ2) is 9.91. The van der Waals surface area contributed by atoms with Crippen LogP contribution in [0.4, 0.5) is 18.3 Å². The molecule has 0 aliphatic carbocycles. The van der Waals surface area contributed by atoms with E-state index in [0.29, 0.717) is 27.6 Å². The number of carboxylic acid groups (broad SMARTS) is 1. The van der Waals surface area contributed by atoms with Gasteiger partial charge in [-0.2, -0.15) is 18.3 Å². The molecule has 14 heteroatoms. The van der Waals surface area contributed by atoms with Gasteiger partial charge in [-0.3, -0.25) is 14.8 Å². The summed E-state index contributed by atoms with van der Waals surface area (Å²) in [6.45, 7) is 3.89. The first-order valence-corrected chi connectivity index (χ1v) is 10.2. The number of carboxylic acids is 1. The maximum atomic E-state index is 12.4. The smallest absolute Gasteiger partial charge is 0.475 e. The van der Waals surface area contributed by atoms with Gasteiger partial charge < -0.3 is 14.8 Å². The van der Waals surface area contributed by atoms with Crippen molar-refractivity contribution >= 4 is 28.3 Å². The molecular weight excluding hydrogens is 453 g/mol. The van der Waals surface area contributed by atoms with Crippen LogP contribution in [0.25, 0.3) is 10.8 Å². The second-order valence-electron chi connectivity index (χ2n) is 6.76. The summed E-state index contributed by atoms with van der Waals surface area (Å²) in [5.41, 5.74) is 1.36. The summed E-state index contributed by atoms with van der Waals surface area (Å²) in [6.07, 6.45) is 0.427. The summed E-state index contributed by atoms with van der Waals surface area (Å²) in [7, 11) is 0. The molecule has 4 rings (SSSR count). The van der Waals surface area contributed by atoms with E-state index < -0.39 is 12.1 Å². The first kappa shape index (κ1) is 23.4. The molecule has 3 N–H and O–H groups in total. The fourth-order valence-corrected chi connectivity index (χ4v) is 3.64. The molecule has 1 fully saturated rings. The highest BCUT2D eigenvalue weighted by atomic mass is 32.1. The number of nitrogens with zero attached hydrogens (tertiary/aromatic N) is 4. The Hall–Kier alpha value is -3.26. The van der Waals surface area contributed by atoms with E-state index in [1.807, 2.05) is 23.9 Å². The van der Waals surface area contributed by atoms with Gasteiger partial charge in [0, 0.05) is 6.20 Å². The predicted octanol–water partition coefficient (Wildman–Crippen LogP) is 3.11. The normalized spacial score (nSPS) is 14.5. The lowest BCUT2D eigenvalue weighted by Crippen LogP contribution is -2.29. The van der Waals surface area contributed by atoms with Crippen molar-refractivity contribution in [2.75, 3.05) is 18.4 Å². The number of aromatic nitrogens is 4. The van der Waals surface area contributed by atoms with Gasteiger partial charge in [0.15, 0.2) is 16.5 Å². The zero-order valence-corrected chi connectivity index (χ0v) is 17.5. The van der Waals surface area contributed by atoms with E-state index >= 15 is 0 Å². The molecule has 0 radical (unpaired) electrons. The van der Waals surface area contributed by atoms with Gasteiger partial charge >= 0.3 is 12.1 Å². The molecule has 1 saturated heterocycles. The third kappa shape index (κ3) is 5.91. The van der Waals surface area contributed by atoms with E-state index in [4.69, 9.17) is 14.3 Å². The first-order chi connectivity index (χ1) is 15.1. The molecule has 1 aliphatic heterocycles. The van der Waals surface area contributed by atoms with Crippen LogP contribution in [0.15, 0.2) is 29.0 Å². The predicted molar refractivity (Wildman–Crippen MR) is 107 cm³/mol. The lowest BCUT2D eigenvalue weighted by molar-refractivity contribution is -0.192. The Morgan fingerprint density at radius 1 is 1.28 bits per heavy atom. The van der Waals surface area contributed by atoms with Crippen LogP contribution in [-0.4, -0.2) is 56.2 Å². The number of carbonyl (C=O) groups is 2. The van der Waals surface area contributed by atoms with Gasteiger partial charge in [0.25, 0.3) is 5.91 Å². The topological polar surface area (TPSA) is 135 Å². The summed E-state index contributed by atoms with van der Waals surface area (Å²) in [4.78, 5) is 21.3. The van der Waals surface area contributed by atoms with Gasteiger partial charge in [-0.25, -0.2) is 4.79 Å². The second-order valence-corrected chi connectivity index (χ2v) is 7.74. The number of halogens is 3. The third-order valence-electron chi connectivity index (χ3n) is 4.47. The molecule has 0 bridgehead atoms. The Bertz CT molecular complexity index is 1070. The minimum atomic E-state index is -5.08. The van der Waals surface area contributed by atoms with Crippen molar-refractivity contribution in [2.24, 2.45) is 0 Å². The number of aliphatic carboxylic acids is 1. The summed E-state index contributed by atoms with van der Waals surface area (Å²) in [5, 5.41) is 26.8. The summed E-state index contributed by atoms with van der Waals surface area (Å²) in [5.74, 6) is -2.37. The lowest BCUT2D eigenvalue weighted by Gasteiger charge is -2.22. The van der Waals surface area contributed by atoms with Crippen molar-refractivity contribution < 1.29 is 32.3 Å². The van der Waals surface area contributed by atoms with E-state index in [0.717, 1.165) is 31.5 Å². The lowest BCUT2D eigenvalue weighted by atomic mass is 10.1. The molecule has 32 heavy (non-hydrogen) atoms. The maximum absolute atomic E-state index is 12.4. The number of hydrogen-bond donors (Lipinski definition) is 3. The van der Waals surface area contributed by atoms with E-state index in [1.165, 1.54) is 11.3 Å². The highest BCUT2D eigenvalue weighted by molar-refractivity contribution is 7.18. The van der Waals surface area contributed by atoms with E-state index in [2.05, 4.69) is 25.9 Å². The number of nitrogens with one attached hydrogen (secondary N) is 2. The molecule has 1 amide bonds. The van der Waals surface area contributed by atoms with E-state index in [9.17, 15) is 18.0 Å². The molecule has 0 unspecified atom stereocenters. The molecule has 172 valence electrons. The van der Waals surface area contributed by atoms with Gasteiger partial charge in [0.1, 0.15) is 0 Å².